The number of nitrogens with zero attached hydrogens (tertiary/aromatic N) is 3. The first-order chi connectivity index (χ1) is 13.0. The first kappa shape index (κ1) is 19.9. The van der Waals surface area contributed by atoms with Gasteiger partial charge in [0.05, 0.1) is 6.54 Å². The van der Waals surface area contributed by atoms with Gasteiger partial charge in [-0.05, 0) is 37.7 Å². The van der Waals surface area contributed by atoms with Crippen molar-refractivity contribution >= 4 is 11.8 Å². The number of piperazine rings is 1. The van der Waals surface area contributed by atoms with E-state index in [1.807, 2.05) is 28.0 Å². The molecule has 3 rings (SSSR count). The molecule has 148 valence electrons. The van der Waals surface area contributed by atoms with E-state index in [4.69, 9.17) is 0 Å². The van der Waals surface area contributed by atoms with Crippen LogP contribution < -0.4 is 0 Å². The molecule has 2 fully saturated rings. The maximum absolute atomic E-state index is 12.6. The number of amides is 2. The molecule has 5 nitrogen and oxygen atoms in total. The van der Waals surface area contributed by atoms with Gasteiger partial charge in [-0.25, -0.2) is 0 Å². The van der Waals surface area contributed by atoms with E-state index >= 15 is 0 Å². The standard InChI is InChI=1S/C22H33N3O2/c1-18(20-9-4-3-5-10-20)16-21(26)24-14-12-23(13-15-24)17-22(27)25-11-7-6-8-19(25)2/h3-5,9-10,18-19H,6-8,11-17H2,1-2H3. The lowest BCUT2D eigenvalue weighted by molar-refractivity contribution is -0.137. The predicted octanol–water partition coefficient (Wildman–Crippen LogP) is 2.73. The third kappa shape index (κ3) is 5.32. The Kier molecular flexibility index (Phi) is 6.89. The van der Waals surface area contributed by atoms with Crippen LogP contribution in [0.3, 0.4) is 0 Å². The fourth-order valence-corrected chi connectivity index (χ4v) is 4.20. The zero-order chi connectivity index (χ0) is 19.2. The minimum Gasteiger partial charge on any atom is -0.340 e. The van der Waals surface area contributed by atoms with Crippen LogP contribution >= 0.6 is 0 Å². The Morgan fingerprint density at radius 1 is 1.00 bits per heavy atom. The summed E-state index contributed by atoms with van der Waals surface area (Å²) in [5, 5.41) is 0. The molecule has 27 heavy (non-hydrogen) atoms. The van der Waals surface area contributed by atoms with Crippen LogP contribution in [0.2, 0.25) is 0 Å². The first-order valence-corrected chi connectivity index (χ1v) is 10.4. The van der Waals surface area contributed by atoms with Crippen molar-refractivity contribution in [2.45, 2.75) is 51.5 Å². The Hall–Kier alpha value is -1.88. The fraction of sp³-hybridized carbons (Fsp3) is 0.636. The molecule has 0 aromatic heterocycles. The predicted molar refractivity (Wildman–Crippen MR) is 108 cm³/mol. The molecule has 0 aliphatic carbocycles. The molecule has 2 atom stereocenters. The normalized spacial score (nSPS) is 22.5. The summed E-state index contributed by atoms with van der Waals surface area (Å²) in [6.45, 7) is 8.69. The lowest BCUT2D eigenvalue weighted by atomic mass is 9.97. The summed E-state index contributed by atoms with van der Waals surface area (Å²) in [5.74, 6) is 0.709. The van der Waals surface area contributed by atoms with Gasteiger partial charge in [0.25, 0.3) is 0 Å². The van der Waals surface area contributed by atoms with Gasteiger partial charge in [0.15, 0.2) is 0 Å². The number of rotatable bonds is 5. The number of hydrogen-bond acceptors (Lipinski definition) is 3. The van der Waals surface area contributed by atoms with Crippen molar-refractivity contribution in [1.29, 1.82) is 0 Å². The van der Waals surface area contributed by atoms with Crippen molar-refractivity contribution in [3.63, 3.8) is 0 Å². The zero-order valence-electron chi connectivity index (χ0n) is 16.8. The van der Waals surface area contributed by atoms with Crippen LogP contribution in [0.25, 0.3) is 0 Å². The Bertz CT molecular complexity index is 626. The van der Waals surface area contributed by atoms with Crippen LogP contribution in [0.4, 0.5) is 0 Å². The van der Waals surface area contributed by atoms with Crippen LogP contribution in [0.1, 0.15) is 51.0 Å². The van der Waals surface area contributed by atoms with E-state index in [-0.39, 0.29) is 17.7 Å². The Morgan fingerprint density at radius 2 is 1.70 bits per heavy atom. The highest BCUT2D eigenvalue weighted by molar-refractivity contribution is 5.79. The molecule has 1 aromatic carbocycles. The van der Waals surface area contributed by atoms with E-state index in [1.54, 1.807) is 0 Å². The highest BCUT2D eigenvalue weighted by atomic mass is 16.2. The molecule has 2 heterocycles. The second-order valence-electron chi connectivity index (χ2n) is 8.10. The van der Waals surface area contributed by atoms with Crippen molar-refractivity contribution in [1.82, 2.24) is 14.7 Å². The van der Waals surface area contributed by atoms with E-state index in [9.17, 15) is 9.59 Å². The van der Waals surface area contributed by atoms with Crippen LogP contribution in [-0.2, 0) is 9.59 Å². The lowest BCUT2D eigenvalue weighted by Crippen LogP contribution is -2.53. The molecular formula is C22H33N3O2. The second kappa shape index (κ2) is 9.36. The molecule has 2 aliphatic rings. The largest absolute Gasteiger partial charge is 0.340 e. The second-order valence-corrected chi connectivity index (χ2v) is 8.10. The molecule has 2 saturated heterocycles. The lowest BCUT2D eigenvalue weighted by Gasteiger charge is -2.38. The quantitative estimate of drug-likeness (QED) is 0.799. The smallest absolute Gasteiger partial charge is 0.236 e. The molecule has 5 heteroatoms. The molecule has 0 N–H and O–H groups in total. The maximum Gasteiger partial charge on any atom is 0.236 e. The summed E-state index contributed by atoms with van der Waals surface area (Å²) >= 11 is 0. The maximum atomic E-state index is 12.6. The third-order valence-corrected chi connectivity index (χ3v) is 6.06. The summed E-state index contributed by atoms with van der Waals surface area (Å²) in [5.41, 5.74) is 1.21. The molecule has 0 bridgehead atoms. The summed E-state index contributed by atoms with van der Waals surface area (Å²) in [6.07, 6.45) is 4.02. The van der Waals surface area contributed by atoms with E-state index in [0.717, 1.165) is 45.6 Å². The first-order valence-electron chi connectivity index (χ1n) is 10.4. The summed E-state index contributed by atoms with van der Waals surface area (Å²) in [7, 11) is 0. The molecular weight excluding hydrogens is 338 g/mol. The van der Waals surface area contributed by atoms with E-state index in [0.29, 0.717) is 19.0 Å². The molecule has 0 radical (unpaired) electrons. The fourth-order valence-electron chi connectivity index (χ4n) is 4.20. The number of hydrogen-bond donors (Lipinski definition) is 0. The van der Waals surface area contributed by atoms with Crippen LogP contribution in [0.15, 0.2) is 30.3 Å². The average Bonchev–Trinajstić information content (AvgIpc) is 2.69. The van der Waals surface area contributed by atoms with Crippen LogP contribution in [0.5, 0.6) is 0 Å². The Balaban J connectivity index is 1.43. The molecule has 1 aromatic rings. The highest BCUT2D eigenvalue weighted by Crippen LogP contribution is 2.20. The van der Waals surface area contributed by atoms with Gasteiger partial charge in [0.1, 0.15) is 0 Å². The van der Waals surface area contributed by atoms with Gasteiger partial charge in [-0.15, -0.1) is 0 Å². The summed E-state index contributed by atoms with van der Waals surface area (Å²) in [4.78, 5) is 31.4. The van der Waals surface area contributed by atoms with E-state index in [2.05, 4.69) is 30.9 Å². The van der Waals surface area contributed by atoms with E-state index < -0.39 is 0 Å². The van der Waals surface area contributed by atoms with Gasteiger partial charge in [0.2, 0.25) is 11.8 Å². The van der Waals surface area contributed by atoms with Crippen molar-refractivity contribution in [2.75, 3.05) is 39.3 Å². The Morgan fingerprint density at radius 3 is 2.37 bits per heavy atom. The number of benzene rings is 1. The average molecular weight is 372 g/mol. The Labute approximate surface area is 163 Å². The summed E-state index contributed by atoms with van der Waals surface area (Å²) in [6, 6.07) is 10.6. The SMILES string of the molecule is CC(CC(=O)N1CCN(CC(=O)N2CCCCC2C)CC1)c1ccccc1. The minimum atomic E-state index is 0.224. The topological polar surface area (TPSA) is 43.9 Å². The molecule has 2 unspecified atom stereocenters. The van der Waals surface area contributed by atoms with Crippen molar-refractivity contribution < 1.29 is 9.59 Å². The molecule has 0 spiro atoms. The van der Waals surface area contributed by atoms with Crippen LogP contribution in [-0.4, -0.2) is 71.8 Å². The van der Waals surface area contributed by atoms with Gasteiger partial charge in [-0.3, -0.25) is 14.5 Å². The molecule has 2 aliphatic heterocycles. The van der Waals surface area contributed by atoms with Gasteiger partial charge >= 0.3 is 0 Å². The minimum absolute atomic E-state index is 0.224. The monoisotopic (exact) mass is 371 g/mol. The van der Waals surface area contributed by atoms with Gasteiger partial charge in [-0.2, -0.15) is 0 Å². The third-order valence-electron chi connectivity index (χ3n) is 6.06. The van der Waals surface area contributed by atoms with Crippen molar-refractivity contribution in [2.24, 2.45) is 0 Å². The van der Waals surface area contributed by atoms with Gasteiger partial charge in [-0.1, -0.05) is 37.3 Å². The van der Waals surface area contributed by atoms with E-state index in [1.165, 1.54) is 12.0 Å². The van der Waals surface area contributed by atoms with Gasteiger partial charge < -0.3 is 9.80 Å². The number of carbonyl (C=O) groups is 2. The molecule has 2 amide bonds. The van der Waals surface area contributed by atoms with Crippen LogP contribution in [0, 0.1) is 0 Å². The summed E-state index contributed by atoms with van der Waals surface area (Å²) < 4.78 is 0. The number of piperidine rings is 1. The zero-order valence-corrected chi connectivity index (χ0v) is 16.8. The van der Waals surface area contributed by atoms with Crippen molar-refractivity contribution in [3.05, 3.63) is 35.9 Å². The number of carbonyl (C=O) groups excluding carboxylic acids is 2. The molecule has 0 saturated carbocycles. The number of likely N-dealkylation sites (tertiary alicyclic amines) is 1. The van der Waals surface area contributed by atoms with Gasteiger partial charge in [0, 0.05) is 45.2 Å². The highest BCUT2D eigenvalue weighted by Gasteiger charge is 2.27. The van der Waals surface area contributed by atoms with Crippen molar-refractivity contribution in [3.8, 4) is 0 Å².